The topological polar surface area (TPSA) is 78.3 Å². The molecule has 0 spiro atoms. The van der Waals surface area contributed by atoms with Crippen LogP contribution < -0.4 is 10.3 Å². The molecule has 0 N–H and O–H groups in total. The van der Waals surface area contributed by atoms with E-state index in [-0.39, 0.29) is 28.2 Å². The molecule has 0 fully saturated rings. The second-order valence-corrected chi connectivity index (χ2v) is 9.94. The molecule has 0 unspecified atom stereocenters. The Kier molecular flexibility index (Phi) is 6.46. The second-order valence-electron chi connectivity index (χ2n) is 7.92. The Labute approximate surface area is 167 Å². The number of benzene rings is 1. The van der Waals surface area contributed by atoms with Crippen molar-refractivity contribution in [3.8, 4) is 16.9 Å². The molecule has 1 aromatic heterocycles. The summed E-state index contributed by atoms with van der Waals surface area (Å²) in [6.45, 7) is 4.50. The van der Waals surface area contributed by atoms with Crippen LogP contribution in [-0.2, 0) is 16.4 Å². The van der Waals surface area contributed by atoms with E-state index in [9.17, 15) is 26.4 Å². The maximum Gasteiger partial charge on any atom is 0.408 e. The van der Waals surface area contributed by atoms with E-state index in [0.29, 0.717) is 16.7 Å². The average molecular weight is 432 g/mol. The van der Waals surface area contributed by atoms with Gasteiger partial charge in [0.05, 0.1) is 17.7 Å². The van der Waals surface area contributed by atoms with Gasteiger partial charge >= 0.3 is 11.7 Å². The third-order valence-corrected chi connectivity index (χ3v) is 5.15. The first-order valence-electron chi connectivity index (χ1n) is 8.77. The molecule has 0 radical (unpaired) electrons. The third kappa shape index (κ3) is 6.59. The molecule has 29 heavy (non-hydrogen) atoms. The van der Waals surface area contributed by atoms with Gasteiger partial charge in [-0.1, -0.05) is 32.9 Å². The predicted molar refractivity (Wildman–Crippen MR) is 103 cm³/mol. The monoisotopic (exact) mass is 432 g/mol. The summed E-state index contributed by atoms with van der Waals surface area (Å²) < 4.78 is 67.4. The van der Waals surface area contributed by atoms with Gasteiger partial charge in [0, 0.05) is 11.8 Å². The van der Waals surface area contributed by atoms with E-state index in [1.165, 1.54) is 24.3 Å². The fourth-order valence-corrected chi connectivity index (χ4v) is 3.07. The maximum absolute atomic E-state index is 12.7. The summed E-state index contributed by atoms with van der Waals surface area (Å²) >= 11 is 0. The lowest BCUT2D eigenvalue weighted by Crippen LogP contribution is -2.31. The van der Waals surface area contributed by atoms with Crippen LogP contribution in [0.2, 0.25) is 0 Å². The summed E-state index contributed by atoms with van der Waals surface area (Å²) in [6, 6.07) is 5.62. The lowest BCUT2D eigenvalue weighted by molar-refractivity contribution is -0.143. The van der Waals surface area contributed by atoms with E-state index >= 15 is 0 Å². The van der Waals surface area contributed by atoms with Crippen LogP contribution in [0.15, 0.2) is 40.2 Å². The zero-order valence-corrected chi connectivity index (χ0v) is 17.4. The van der Waals surface area contributed by atoms with Gasteiger partial charge in [0.1, 0.15) is 6.54 Å². The number of rotatable bonds is 6. The van der Waals surface area contributed by atoms with E-state index in [4.69, 9.17) is 4.74 Å². The molecule has 1 heterocycles. The summed E-state index contributed by atoms with van der Waals surface area (Å²) in [4.78, 5) is 12.7. The van der Waals surface area contributed by atoms with Crippen LogP contribution in [0.25, 0.3) is 11.1 Å². The Balaban J connectivity index is 2.49. The Bertz CT molecular complexity index is 1020. The predicted octanol–water partition coefficient (Wildman–Crippen LogP) is 3.69. The van der Waals surface area contributed by atoms with Crippen molar-refractivity contribution < 1.29 is 26.3 Å². The summed E-state index contributed by atoms with van der Waals surface area (Å²) in [6.07, 6.45) is -1.86. The molecule has 0 bridgehead atoms. The molecule has 160 valence electrons. The number of hydrogen-bond donors (Lipinski definition) is 0. The van der Waals surface area contributed by atoms with Gasteiger partial charge in [-0.2, -0.15) is 18.3 Å². The number of ether oxygens (including phenoxy) is 1. The lowest BCUT2D eigenvalue weighted by atomic mass is 9.93. The van der Waals surface area contributed by atoms with Gasteiger partial charge < -0.3 is 4.74 Å². The molecule has 2 rings (SSSR count). The molecule has 0 amide bonds. The Morgan fingerprint density at radius 1 is 1.10 bits per heavy atom. The minimum atomic E-state index is -4.61. The van der Waals surface area contributed by atoms with Crippen molar-refractivity contribution in [3.05, 3.63) is 40.8 Å². The van der Waals surface area contributed by atoms with Crippen LogP contribution in [0.4, 0.5) is 13.2 Å². The van der Waals surface area contributed by atoms with Crippen LogP contribution in [0.5, 0.6) is 5.75 Å². The molecule has 10 heteroatoms. The number of aromatic nitrogens is 2. The molecule has 0 atom stereocenters. The van der Waals surface area contributed by atoms with Crippen molar-refractivity contribution >= 4 is 9.84 Å². The molecule has 2 aromatic rings. The summed E-state index contributed by atoms with van der Waals surface area (Å²) in [7, 11) is -3.42. The molecular formula is C19H23F3N2O4S. The van der Waals surface area contributed by atoms with E-state index in [2.05, 4.69) is 5.10 Å². The molecule has 1 aromatic carbocycles. The van der Waals surface area contributed by atoms with Gasteiger partial charge in [-0.3, -0.25) is 4.79 Å². The van der Waals surface area contributed by atoms with Gasteiger partial charge in [-0.05, 0) is 29.5 Å². The van der Waals surface area contributed by atoms with Crippen LogP contribution >= 0.6 is 0 Å². The molecule has 0 aliphatic rings. The zero-order chi connectivity index (χ0) is 22.0. The molecule has 0 aliphatic carbocycles. The van der Waals surface area contributed by atoms with Crippen molar-refractivity contribution in [1.82, 2.24) is 9.78 Å². The first-order chi connectivity index (χ1) is 13.2. The first kappa shape index (κ1) is 22.9. The third-order valence-electron chi connectivity index (χ3n) is 4.02. The van der Waals surface area contributed by atoms with Gasteiger partial charge in [-0.25, -0.2) is 13.1 Å². The summed E-state index contributed by atoms with van der Waals surface area (Å²) in [5.74, 6) is -0.249. The standard InChI is InChI=1S/C19H23F3N2O4S/c1-18(2,3)9-10-28-16-15(11-23-24(17(16)25)12-19(20,21)22)13-5-7-14(8-6-13)29(4,26)27/h5-8,11H,9-10,12H2,1-4H3. The highest BCUT2D eigenvalue weighted by atomic mass is 32.2. The fraction of sp³-hybridized carbons (Fsp3) is 0.474. The SMILES string of the molecule is CC(C)(C)CCOc1c(-c2ccc(S(C)(=O)=O)cc2)cnn(CC(F)(F)F)c1=O. The van der Waals surface area contributed by atoms with Crippen molar-refractivity contribution in [3.63, 3.8) is 0 Å². The zero-order valence-electron chi connectivity index (χ0n) is 16.6. The van der Waals surface area contributed by atoms with E-state index in [0.717, 1.165) is 12.5 Å². The average Bonchev–Trinajstić information content (AvgIpc) is 2.55. The van der Waals surface area contributed by atoms with Crippen LogP contribution in [0.1, 0.15) is 27.2 Å². The number of hydrogen-bond acceptors (Lipinski definition) is 5. The highest BCUT2D eigenvalue weighted by Crippen LogP contribution is 2.29. The number of sulfone groups is 1. The van der Waals surface area contributed by atoms with E-state index < -0.39 is 28.1 Å². The number of alkyl halides is 3. The summed E-state index contributed by atoms with van der Waals surface area (Å²) in [5, 5.41) is 3.61. The molecule has 0 saturated heterocycles. The van der Waals surface area contributed by atoms with E-state index in [1.807, 2.05) is 20.8 Å². The molecular weight excluding hydrogens is 409 g/mol. The molecule has 6 nitrogen and oxygen atoms in total. The lowest BCUT2D eigenvalue weighted by Gasteiger charge is -2.19. The van der Waals surface area contributed by atoms with Crippen molar-refractivity contribution in [1.29, 1.82) is 0 Å². The van der Waals surface area contributed by atoms with E-state index in [1.54, 1.807) is 0 Å². The molecule has 0 aliphatic heterocycles. The van der Waals surface area contributed by atoms with Crippen LogP contribution in [-0.4, -0.2) is 37.2 Å². The van der Waals surface area contributed by atoms with Gasteiger partial charge in [0.25, 0.3) is 0 Å². The van der Waals surface area contributed by atoms with Gasteiger partial charge in [0.15, 0.2) is 15.6 Å². The fourth-order valence-electron chi connectivity index (χ4n) is 2.44. The Morgan fingerprint density at radius 2 is 1.69 bits per heavy atom. The summed E-state index contributed by atoms with van der Waals surface area (Å²) in [5.41, 5.74) is -0.495. The second kappa shape index (κ2) is 8.17. The van der Waals surface area contributed by atoms with Crippen molar-refractivity contribution in [2.75, 3.05) is 12.9 Å². The van der Waals surface area contributed by atoms with Crippen LogP contribution in [0, 0.1) is 5.41 Å². The van der Waals surface area contributed by atoms with Gasteiger partial charge in [-0.15, -0.1) is 0 Å². The van der Waals surface area contributed by atoms with Crippen molar-refractivity contribution in [2.24, 2.45) is 5.41 Å². The first-order valence-corrected chi connectivity index (χ1v) is 10.7. The minimum Gasteiger partial charge on any atom is -0.487 e. The maximum atomic E-state index is 12.7. The molecule has 0 saturated carbocycles. The minimum absolute atomic E-state index is 0.0785. The van der Waals surface area contributed by atoms with Crippen molar-refractivity contribution in [2.45, 2.75) is 44.8 Å². The highest BCUT2D eigenvalue weighted by Gasteiger charge is 2.30. The number of halogens is 3. The van der Waals surface area contributed by atoms with Gasteiger partial charge in [0.2, 0.25) is 0 Å². The Hall–Kier alpha value is -2.36. The number of nitrogens with zero attached hydrogens (tertiary/aromatic N) is 2. The van der Waals surface area contributed by atoms with Crippen LogP contribution in [0.3, 0.4) is 0 Å². The largest absolute Gasteiger partial charge is 0.487 e. The normalized spacial score (nSPS) is 12.8. The Morgan fingerprint density at radius 3 is 2.17 bits per heavy atom. The quantitative estimate of drug-likeness (QED) is 0.696. The smallest absolute Gasteiger partial charge is 0.408 e. The highest BCUT2D eigenvalue weighted by molar-refractivity contribution is 7.90.